The van der Waals surface area contributed by atoms with E-state index in [1.165, 1.54) is 19.2 Å². The van der Waals surface area contributed by atoms with Gasteiger partial charge in [-0.1, -0.05) is 0 Å². The van der Waals surface area contributed by atoms with E-state index < -0.39 is 0 Å². The molecular weight excluding hydrogens is 140 g/mol. The molecule has 0 heterocycles. The van der Waals surface area contributed by atoms with Gasteiger partial charge in [0.05, 0.1) is 20.1 Å². The predicted octanol–water partition coefficient (Wildman–Crippen LogP) is 0.844. The van der Waals surface area contributed by atoms with E-state index in [2.05, 4.69) is 4.74 Å². The van der Waals surface area contributed by atoms with Gasteiger partial charge in [0.2, 0.25) is 0 Å². The van der Waals surface area contributed by atoms with Crippen molar-refractivity contribution in [2.24, 2.45) is 0 Å². The molecule has 0 saturated heterocycles. The van der Waals surface area contributed by atoms with Crippen LogP contribution < -0.4 is 0 Å². The number of carbonyl (C=O) groups is 1. The molecule has 9 heavy (non-hydrogen) atoms. The molecular formula is C5H10O3S. The van der Waals surface area contributed by atoms with Gasteiger partial charge in [-0.05, 0) is 12.0 Å². The Kier molecular flexibility index (Phi) is 5.76. The van der Waals surface area contributed by atoms with Crippen molar-refractivity contribution >= 4 is 18.0 Å². The second-order valence-corrected chi connectivity index (χ2v) is 1.88. The number of rotatable bonds is 4. The molecule has 0 fully saturated rings. The fourth-order valence-corrected chi connectivity index (χ4v) is 0.560. The van der Waals surface area contributed by atoms with E-state index in [9.17, 15) is 4.79 Å². The Balaban J connectivity index is 2.97. The van der Waals surface area contributed by atoms with Crippen molar-refractivity contribution in [3.8, 4) is 0 Å². The maximum Gasteiger partial charge on any atom is 0.307 e. The van der Waals surface area contributed by atoms with Crippen LogP contribution in [-0.2, 0) is 13.7 Å². The van der Waals surface area contributed by atoms with Crippen LogP contribution >= 0.6 is 12.0 Å². The van der Waals surface area contributed by atoms with Gasteiger partial charge >= 0.3 is 5.97 Å². The molecule has 0 aliphatic carbocycles. The fourth-order valence-electron chi connectivity index (χ4n) is 0.310. The van der Waals surface area contributed by atoms with Gasteiger partial charge in [0.15, 0.2) is 0 Å². The highest BCUT2D eigenvalue weighted by molar-refractivity contribution is 7.93. The van der Waals surface area contributed by atoms with Crippen LogP contribution in [0.25, 0.3) is 0 Å². The lowest BCUT2D eigenvalue weighted by Gasteiger charge is -1.96. The molecule has 0 aromatic rings. The van der Waals surface area contributed by atoms with Crippen LogP contribution in [0, 0.1) is 0 Å². The first-order valence-electron chi connectivity index (χ1n) is 2.53. The highest BCUT2D eigenvalue weighted by Gasteiger charge is 1.97. The van der Waals surface area contributed by atoms with Crippen LogP contribution in [0.5, 0.6) is 0 Å². The second kappa shape index (κ2) is 5.91. The largest absolute Gasteiger partial charge is 0.469 e. The zero-order valence-electron chi connectivity index (χ0n) is 5.55. The number of methoxy groups -OCH3 is 1. The number of hydrogen-bond acceptors (Lipinski definition) is 4. The van der Waals surface area contributed by atoms with Gasteiger partial charge in [0.25, 0.3) is 0 Å². The van der Waals surface area contributed by atoms with Crippen LogP contribution in [0.4, 0.5) is 0 Å². The maximum atomic E-state index is 10.4. The Morgan fingerprint density at radius 2 is 2.33 bits per heavy atom. The smallest absolute Gasteiger partial charge is 0.307 e. The maximum absolute atomic E-state index is 10.4. The molecule has 0 saturated carbocycles. The summed E-state index contributed by atoms with van der Waals surface area (Å²) in [4.78, 5) is 10.4. The van der Waals surface area contributed by atoms with E-state index in [-0.39, 0.29) is 5.97 Å². The standard InChI is InChI=1S/C5H10O3S/c1-7-5(6)3-4-8-9-2/h3-4H2,1-2H3. The average Bonchev–Trinajstić information content (AvgIpc) is 1.89. The highest BCUT2D eigenvalue weighted by Crippen LogP contribution is 1.95. The van der Waals surface area contributed by atoms with E-state index in [0.29, 0.717) is 13.0 Å². The first kappa shape index (κ1) is 8.78. The van der Waals surface area contributed by atoms with Crippen molar-refractivity contribution < 1.29 is 13.7 Å². The summed E-state index contributed by atoms with van der Waals surface area (Å²) in [7, 11) is 1.36. The summed E-state index contributed by atoms with van der Waals surface area (Å²) >= 11 is 1.25. The van der Waals surface area contributed by atoms with E-state index >= 15 is 0 Å². The summed E-state index contributed by atoms with van der Waals surface area (Å²) in [6.45, 7) is 0.424. The third-order valence-corrected chi connectivity index (χ3v) is 1.14. The lowest BCUT2D eigenvalue weighted by atomic mass is 10.5. The van der Waals surface area contributed by atoms with E-state index in [1.54, 1.807) is 6.26 Å². The van der Waals surface area contributed by atoms with Crippen molar-refractivity contribution in [2.75, 3.05) is 20.0 Å². The highest BCUT2D eigenvalue weighted by atomic mass is 32.2. The van der Waals surface area contributed by atoms with Gasteiger partial charge in [0.1, 0.15) is 0 Å². The molecule has 0 aromatic carbocycles. The quantitative estimate of drug-likeness (QED) is 0.338. The van der Waals surface area contributed by atoms with Crippen molar-refractivity contribution in [1.29, 1.82) is 0 Å². The zero-order valence-corrected chi connectivity index (χ0v) is 6.36. The van der Waals surface area contributed by atoms with Crippen LogP contribution in [0.3, 0.4) is 0 Å². The molecule has 0 bridgehead atoms. The molecule has 0 unspecified atom stereocenters. The Morgan fingerprint density at radius 3 is 2.78 bits per heavy atom. The molecule has 0 radical (unpaired) electrons. The van der Waals surface area contributed by atoms with E-state index in [1.807, 2.05) is 0 Å². The summed E-state index contributed by atoms with van der Waals surface area (Å²) in [6.07, 6.45) is 2.13. The monoisotopic (exact) mass is 150 g/mol. The number of ether oxygens (including phenoxy) is 1. The molecule has 0 amide bonds. The number of carbonyl (C=O) groups excluding carboxylic acids is 1. The predicted molar refractivity (Wildman–Crippen MR) is 36.1 cm³/mol. The van der Waals surface area contributed by atoms with Gasteiger partial charge in [-0.15, -0.1) is 0 Å². The molecule has 3 nitrogen and oxygen atoms in total. The molecule has 0 N–H and O–H groups in total. The topological polar surface area (TPSA) is 35.5 Å². The normalized spacial score (nSPS) is 9.11. The van der Waals surface area contributed by atoms with Gasteiger partial charge < -0.3 is 8.92 Å². The Morgan fingerprint density at radius 1 is 1.67 bits per heavy atom. The van der Waals surface area contributed by atoms with Crippen molar-refractivity contribution in [1.82, 2.24) is 0 Å². The Bertz CT molecular complexity index is 84.3. The SMILES string of the molecule is COC(=O)CCOSC. The first-order valence-corrected chi connectivity index (χ1v) is 3.68. The summed E-state index contributed by atoms with van der Waals surface area (Å²) in [5.74, 6) is -0.232. The summed E-state index contributed by atoms with van der Waals surface area (Å²) in [5, 5.41) is 0. The van der Waals surface area contributed by atoms with Crippen molar-refractivity contribution in [3.63, 3.8) is 0 Å². The summed E-state index contributed by atoms with van der Waals surface area (Å²) < 4.78 is 9.19. The Labute approximate surface area is 58.9 Å². The van der Waals surface area contributed by atoms with Gasteiger partial charge in [-0.25, -0.2) is 0 Å². The minimum Gasteiger partial charge on any atom is -0.469 e. The van der Waals surface area contributed by atoms with E-state index in [0.717, 1.165) is 0 Å². The molecule has 0 rings (SSSR count). The summed E-state index contributed by atoms with van der Waals surface area (Å²) in [6, 6.07) is 0. The molecule has 0 atom stereocenters. The molecule has 4 heteroatoms. The summed E-state index contributed by atoms with van der Waals surface area (Å²) in [5.41, 5.74) is 0. The number of hydrogen-bond donors (Lipinski definition) is 0. The third kappa shape index (κ3) is 5.65. The van der Waals surface area contributed by atoms with Crippen LogP contribution in [0.1, 0.15) is 6.42 Å². The molecule has 0 aliphatic heterocycles. The molecule has 0 spiro atoms. The van der Waals surface area contributed by atoms with Gasteiger partial charge in [-0.2, -0.15) is 0 Å². The van der Waals surface area contributed by atoms with Crippen molar-refractivity contribution in [2.45, 2.75) is 6.42 Å². The van der Waals surface area contributed by atoms with Crippen LogP contribution in [0.15, 0.2) is 0 Å². The molecule has 0 aliphatic rings. The Hall–Kier alpha value is -0.220. The van der Waals surface area contributed by atoms with Gasteiger partial charge in [0, 0.05) is 6.26 Å². The zero-order chi connectivity index (χ0) is 7.11. The second-order valence-electron chi connectivity index (χ2n) is 1.31. The lowest BCUT2D eigenvalue weighted by molar-refractivity contribution is -0.141. The number of esters is 1. The first-order chi connectivity index (χ1) is 4.31. The molecule has 0 aromatic heterocycles. The van der Waals surface area contributed by atoms with E-state index in [4.69, 9.17) is 4.18 Å². The van der Waals surface area contributed by atoms with Crippen LogP contribution in [-0.4, -0.2) is 25.9 Å². The lowest BCUT2D eigenvalue weighted by Crippen LogP contribution is -2.02. The fraction of sp³-hybridized carbons (Fsp3) is 0.800. The minimum atomic E-state index is -0.232. The third-order valence-electron chi connectivity index (χ3n) is 0.735. The minimum absolute atomic E-state index is 0.232. The van der Waals surface area contributed by atoms with Crippen LogP contribution in [0.2, 0.25) is 0 Å². The van der Waals surface area contributed by atoms with Crippen molar-refractivity contribution in [3.05, 3.63) is 0 Å². The molecule has 54 valence electrons. The average molecular weight is 150 g/mol. The van der Waals surface area contributed by atoms with Gasteiger partial charge in [-0.3, -0.25) is 4.79 Å².